The number of aliphatic hydroxyl groups excluding tert-OH is 1. The molecule has 1 N–H and O–H groups in total. The van der Waals surface area contributed by atoms with Crippen LogP contribution in [-0.4, -0.2) is 43.5 Å². The van der Waals surface area contributed by atoms with Crippen LogP contribution in [0.3, 0.4) is 0 Å². The highest BCUT2D eigenvalue weighted by Crippen LogP contribution is 2.15. The first kappa shape index (κ1) is 18.8. The topological polar surface area (TPSA) is 55.5 Å². The molecule has 0 unspecified atom stereocenters. The van der Waals surface area contributed by atoms with Crippen molar-refractivity contribution in [1.29, 1.82) is 0 Å². The van der Waals surface area contributed by atoms with Gasteiger partial charge in [0.25, 0.3) is 0 Å². The standard InChI is InChI=1S/C18H23FN4O2S/c1-2-9-22-17(12-25-16-7-5-14(19)6-8-16)20-23(18(22)26)13-21-10-3-4-15(24)11-21/h2,5-8,15,24H,1,3-4,9-13H2/t15-/m1/s1. The van der Waals surface area contributed by atoms with Crippen molar-refractivity contribution in [1.82, 2.24) is 19.2 Å². The minimum absolute atomic E-state index is 0.221. The molecule has 3 rings (SSSR count). The number of ether oxygens (including phenoxy) is 1. The summed E-state index contributed by atoms with van der Waals surface area (Å²) in [6.07, 6.45) is 3.26. The van der Waals surface area contributed by atoms with Crippen molar-refractivity contribution in [3.05, 3.63) is 53.3 Å². The lowest BCUT2D eigenvalue weighted by atomic mass is 10.1. The zero-order valence-electron chi connectivity index (χ0n) is 14.6. The SMILES string of the molecule is C=CCn1c(COc2ccc(F)cc2)nn(CN2CCC[C@@H](O)C2)c1=S. The number of piperidine rings is 1. The molecule has 0 bridgehead atoms. The number of likely N-dealkylation sites (tertiary alicyclic amines) is 1. The lowest BCUT2D eigenvalue weighted by Crippen LogP contribution is -2.39. The van der Waals surface area contributed by atoms with E-state index in [2.05, 4.69) is 16.6 Å². The van der Waals surface area contributed by atoms with Gasteiger partial charge in [-0.25, -0.2) is 9.07 Å². The Bertz CT molecular complexity index is 803. The molecular weight excluding hydrogens is 355 g/mol. The van der Waals surface area contributed by atoms with Gasteiger partial charge in [0.1, 0.15) is 18.2 Å². The molecule has 8 heteroatoms. The zero-order valence-corrected chi connectivity index (χ0v) is 15.4. The Hall–Kier alpha value is -2.03. The van der Waals surface area contributed by atoms with Crippen LogP contribution in [0.25, 0.3) is 0 Å². The van der Waals surface area contributed by atoms with Crippen molar-refractivity contribution in [2.75, 3.05) is 13.1 Å². The van der Waals surface area contributed by atoms with Crippen LogP contribution in [-0.2, 0) is 19.8 Å². The predicted octanol–water partition coefficient (Wildman–Crippen LogP) is 2.73. The maximum Gasteiger partial charge on any atom is 0.199 e. The van der Waals surface area contributed by atoms with E-state index in [9.17, 15) is 9.50 Å². The van der Waals surface area contributed by atoms with E-state index >= 15 is 0 Å². The lowest BCUT2D eigenvalue weighted by molar-refractivity contribution is 0.0511. The molecule has 0 amide bonds. The quantitative estimate of drug-likeness (QED) is 0.593. The molecule has 0 radical (unpaired) electrons. The molecule has 1 aromatic heterocycles. The summed E-state index contributed by atoms with van der Waals surface area (Å²) >= 11 is 5.55. The number of allylic oxidation sites excluding steroid dienone is 1. The molecule has 140 valence electrons. The molecule has 1 saturated heterocycles. The fourth-order valence-electron chi connectivity index (χ4n) is 3.03. The highest BCUT2D eigenvalue weighted by molar-refractivity contribution is 7.71. The van der Waals surface area contributed by atoms with Crippen molar-refractivity contribution in [3.63, 3.8) is 0 Å². The van der Waals surface area contributed by atoms with E-state index in [4.69, 9.17) is 17.0 Å². The van der Waals surface area contributed by atoms with Crippen molar-refractivity contribution < 1.29 is 14.2 Å². The zero-order chi connectivity index (χ0) is 18.5. The summed E-state index contributed by atoms with van der Waals surface area (Å²) in [4.78, 5) is 2.14. The highest BCUT2D eigenvalue weighted by atomic mass is 32.1. The second-order valence-electron chi connectivity index (χ2n) is 6.35. The van der Waals surface area contributed by atoms with Crippen LogP contribution in [0.1, 0.15) is 18.7 Å². The van der Waals surface area contributed by atoms with E-state index in [0.717, 1.165) is 19.4 Å². The van der Waals surface area contributed by atoms with Crippen LogP contribution in [0.5, 0.6) is 5.75 Å². The Morgan fingerprint density at radius 3 is 2.85 bits per heavy atom. The van der Waals surface area contributed by atoms with Crippen molar-refractivity contribution in [3.8, 4) is 5.75 Å². The van der Waals surface area contributed by atoms with Gasteiger partial charge in [0.15, 0.2) is 10.6 Å². The summed E-state index contributed by atoms with van der Waals surface area (Å²) in [5.41, 5.74) is 0. The molecule has 1 fully saturated rings. The summed E-state index contributed by atoms with van der Waals surface area (Å²) in [6, 6.07) is 5.86. The average molecular weight is 378 g/mol. The van der Waals surface area contributed by atoms with Crippen molar-refractivity contribution in [2.24, 2.45) is 0 Å². The molecular formula is C18H23FN4O2S. The number of hydrogen-bond donors (Lipinski definition) is 1. The third-order valence-corrected chi connectivity index (χ3v) is 4.74. The number of aliphatic hydroxyl groups is 1. The Labute approximate surface area is 157 Å². The fraction of sp³-hybridized carbons (Fsp3) is 0.444. The van der Waals surface area contributed by atoms with Crippen LogP contribution in [0.15, 0.2) is 36.9 Å². The van der Waals surface area contributed by atoms with Crippen molar-refractivity contribution in [2.45, 2.75) is 38.8 Å². The largest absolute Gasteiger partial charge is 0.486 e. The lowest BCUT2D eigenvalue weighted by Gasteiger charge is -2.29. The van der Waals surface area contributed by atoms with Gasteiger partial charge in [0, 0.05) is 19.6 Å². The molecule has 26 heavy (non-hydrogen) atoms. The maximum absolute atomic E-state index is 13.0. The minimum Gasteiger partial charge on any atom is -0.486 e. The normalized spacial score (nSPS) is 18.0. The molecule has 0 spiro atoms. The Balaban J connectivity index is 1.74. The molecule has 0 aliphatic carbocycles. The van der Waals surface area contributed by atoms with E-state index in [1.807, 2.05) is 4.57 Å². The number of aromatic nitrogens is 3. The van der Waals surface area contributed by atoms with Gasteiger partial charge in [-0.1, -0.05) is 6.08 Å². The van der Waals surface area contributed by atoms with Crippen LogP contribution >= 0.6 is 12.2 Å². The predicted molar refractivity (Wildman–Crippen MR) is 98.8 cm³/mol. The first-order chi connectivity index (χ1) is 12.6. The van der Waals surface area contributed by atoms with Gasteiger partial charge in [0.05, 0.1) is 12.8 Å². The first-order valence-electron chi connectivity index (χ1n) is 8.63. The minimum atomic E-state index is -0.306. The summed E-state index contributed by atoms with van der Waals surface area (Å²) in [7, 11) is 0. The van der Waals surface area contributed by atoms with E-state index in [0.29, 0.717) is 36.1 Å². The van der Waals surface area contributed by atoms with E-state index in [-0.39, 0.29) is 18.5 Å². The number of nitrogens with zero attached hydrogens (tertiary/aromatic N) is 4. The fourth-order valence-corrected chi connectivity index (χ4v) is 3.30. The van der Waals surface area contributed by atoms with E-state index < -0.39 is 0 Å². The molecule has 1 aliphatic heterocycles. The van der Waals surface area contributed by atoms with Crippen LogP contribution in [0, 0.1) is 10.6 Å². The first-order valence-corrected chi connectivity index (χ1v) is 9.04. The number of β-amino-alcohol motifs (C(OH)–C–C–N with tert-alkyl or cyclic N) is 1. The Morgan fingerprint density at radius 1 is 1.38 bits per heavy atom. The Kier molecular flexibility index (Phi) is 6.18. The van der Waals surface area contributed by atoms with Crippen molar-refractivity contribution >= 4 is 12.2 Å². The van der Waals surface area contributed by atoms with Gasteiger partial charge in [-0.2, -0.15) is 5.10 Å². The molecule has 2 heterocycles. The third kappa shape index (κ3) is 4.57. The summed E-state index contributed by atoms with van der Waals surface area (Å²) < 4.78 is 22.9. The summed E-state index contributed by atoms with van der Waals surface area (Å²) in [5.74, 6) is 0.938. The van der Waals surface area contributed by atoms with Crippen LogP contribution in [0.2, 0.25) is 0 Å². The van der Waals surface area contributed by atoms with Gasteiger partial charge in [-0.05, 0) is 49.3 Å². The number of rotatable bonds is 7. The number of benzene rings is 1. The third-order valence-electron chi connectivity index (χ3n) is 4.31. The maximum atomic E-state index is 13.0. The van der Waals surface area contributed by atoms with Crippen LogP contribution in [0.4, 0.5) is 4.39 Å². The second-order valence-corrected chi connectivity index (χ2v) is 6.72. The molecule has 0 saturated carbocycles. The smallest absolute Gasteiger partial charge is 0.199 e. The van der Waals surface area contributed by atoms with Gasteiger partial charge < -0.3 is 9.84 Å². The molecule has 1 aromatic carbocycles. The summed E-state index contributed by atoms with van der Waals surface area (Å²) in [5, 5.41) is 14.4. The van der Waals surface area contributed by atoms with Crippen LogP contribution < -0.4 is 4.74 Å². The second kappa shape index (κ2) is 8.57. The number of halogens is 1. The van der Waals surface area contributed by atoms with Gasteiger partial charge >= 0.3 is 0 Å². The Morgan fingerprint density at radius 2 is 2.15 bits per heavy atom. The number of hydrogen-bond acceptors (Lipinski definition) is 5. The van der Waals surface area contributed by atoms with E-state index in [1.165, 1.54) is 12.1 Å². The molecule has 2 aromatic rings. The molecule has 1 aliphatic rings. The van der Waals surface area contributed by atoms with Gasteiger partial charge in [-0.3, -0.25) is 9.47 Å². The molecule has 6 nitrogen and oxygen atoms in total. The highest BCUT2D eigenvalue weighted by Gasteiger charge is 2.19. The summed E-state index contributed by atoms with van der Waals surface area (Å²) in [6.45, 7) is 6.59. The monoisotopic (exact) mass is 378 g/mol. The van der Waals surface area contributed by atoms with Gasteiger partial charge in [0.2, 0.25) is 0 Å². The van der Waals surface area contributed by atoms with Gasteiger partial charge in [-0.15, -0.1) is 6.58 Å². The van der Waals surface area contributed by atoms with E-state index in [1.54, 1.807) is 22.9 Å². The average Bonchev–Trinajstić information content (AvgIpc) is 2.91. The molecule has 1 atom stereocenters.